The third-order valence-corrected chi connectivity index (χ3v) is 7.25. The highest BCUT2D eigenvalue weighted by Crippen LogP contribution is 2.33. The van der Waals surface area contributed by atoms with E-state index in [9.17, 15) is 4.79 Å². The zero-order chi connectivity index (χ0) is 14.6. The number of esters is 1. The SMILES string of the molecule is C=CC(=O)OCCCCCCCCCC[Si](Br)(Br)Br. The van der Waals surface area contributed by atoms with Gasteiger partial charge in [-0.25, -0.2) is 4.79 Å². The lowest BCUT2D eigenvalue weighted by Crippen LogP contribution is -2.04. The van der Waals surface area contributed by atoms with E-state index in [1.165, 1.54) is 50.6 Å². The molecule has 112 valence electrons. The minimum atomic E-state index is -1.37. The van der Waals surface area contributed by atoms with Gasteiger partial charge in [0, 0.05) is 6.08 Å². The van der Waals surface area contributed by atoms with Crippen LogP contribution in [0.25, 0.3) is 0 Å². The maximum Gasteiger partial charge on any atom is 0.330 e. The van der Waals surface area contributed by atoms with Crippen LogP contribution in [0, 0.1) is 0 Å². The number of hydrogen-bond acceptors (Lipinski definition) is 2. The molecule has 0 aromatic carbocycles. The van der Waals surface area contributed by atoms with E-state index < -0.39 is 3.93 Å². The summed E-state index contributed by atoms with van der Waals surface area (Å²) >= 11 is 10.9. The first-order valence-electron chi connectivity index (χ1n) is 6.81. The van der Waals surface area contributed by atoms with E-state index in [1.54, 1.807) is 0 Å². The molecule has 0 spiro atoms. The first-order chi connectivity index (χ1) is 8.95. The zero-order valence-electron chi connectivity index (χ0n) is 11.3. The number of carbonyl (C=O) groups is 1. The molecule has 0 aliphatic carbocycles. The predicted molar refractivity (Wildman–Crippen MR) is 95.4 cm³/mol. The van der Waals surface area contributed by atoms with Crippen LogP contribution in [0.15, 0.2) is 12.7 Å². The largest absolute Gasteiger partial charge is 0.463 e. The van der Waals surface area contributed by atoms with Crippen molar-refractivity contribution in [2.45, 2.75) is 57.4 Å². The summed E-state index contributed by atoms with van der Waals surface area (Å²) in [4.78, 5) is 10.8. The lowest BCUT2D eigenvalue weighted by Gasteiger charge is -2.08. The summed E-state index contributed by atoms with van der Waals surface area (Å²) in [5.41, 5.74) is 0. The lowest BCUT2D eigenvalue weighted by atomic mass is 10.1. The Kier molecular flexibility index (Phi) is 13.2. The van der Waals surface area contributed by atoms with E-state index in [0.717, 1.165) is 12.8 Å². The number of carbonyl (C=O) groups excluding carboxylic acids is 1. The molecule has 0 N–H and O–H groups in total. The van der Waals surface area contributed by atoms with Crippen molar-refractivity contribution >= 4 is 55.8 Å². The third kappa shape index (κ3) is 16.8. The highest BCUT2D eigenvalue weighted by atomic mass is 80.0. The van der Waals surface area contributed by atoms with Crippen LogP contribution in [0.4, 0.5) is 0 Å². The average Bonchev–Trinajstić information content (AvgIpc) is 2.34. The monoisotopic (exact) mass is 476 g/mol. The molecule has 0 atom stereocenters. The Morgan fingerprint density at radius 2 is 1.42 bits per heavy atom. The highest BCUT2D eigenvalue weighted by Gasteiger charge is 2.20. The zero-order valence-corrected chi connectivity index (χ0v) is 17.1. The Balaban J connectivity index is 3.11. The molecule has 0 aliphatic heterocycles. The van der Waals surface area contributed by atoms with Crippen molar-refractivity contribution in [2.24, 2.45) is 0 Å². The van der Waals surface area contributed by atoms with Gasteiger partial charge in [0.15, 0.2) is 0 Å². The fourth-order valence-corrected chi connectivity index (χ4v) is 4.89. The van der Waals surface area contributed by atoms with Gasteiger partial charge in [0.1, 0.15) is 0 Å². The lowest BCUT2D eigenvalue weighted by molar-refractivity contribution is -0.137. The van der Waals surface area contributed by atoms with Crippen LogP contribution in [-0.4, -0.2) is 16.5 Å². The Hall–Kier alpha value is 0.867. The van der Waals surface area contributed by atoms with Crippen LogP contribution in [0.5, 0.6) is 0 Å². The number of hydrogen-bond donors (Lipinski definition) is 0. The first kappa shape index (κ1) is 19.9. The number of halogens is 3. The van der Waals surface area contributed by atoms with Gasteiger partial charge in [-0.15, -0.1) is 0 Å². The van der Waals surface area contributed by atoms with Crippen molar-refractivity contribution < 1.29 is 9.53 Å². The van der Waals surface area contributed by atoms with Crippen LogP contribution in [0.3, 0.4) is 0 Å². The summed E-state index contributed by atoms with van der Waals surface area (Å²) in [7, 11) is 0. The van der Waals surface area contributed by atoms with Crippen LogP contribution in [0.2, 0.25) is 6.04 Å². The normalized spacial score (nSPS) is 11.3. The summed E-state index contributed by atoms with van der Waals surface area (Å²) in [5.74, 6) is -0.315. The van der Waals surface area contributed by atoms with E-state index in [-0.39, 0.29) is 5.97 Å². The van der Waals surface area contributed by atoms with E-state index in [4.69, 9.17) is 4.74 Å². The van der Waals surface area contributed by atoms with E-state index in [1.807, 2.05) is 0 Å². The van der Waals surface area contributed by atoms with E-state index in [2.05, 4.69) is 52.5 Å². The summed E-state index contributed by atoms with van der Waals surface area (Å²) in [6.45, 7) is 3.89. The molecule has 0 unspecified atom stereocenters. The third-order valence-electron chi connectivity index (χ3n) is 2.77. The molecular formula is C13H23Br3O2Si. The fraction of sp³-hybridized carbons (Fsp3) is 0.769. The quantitative estimate of drug-likeness (QED) is 0.114. The maximum absolute atomic E-state index is 10.8. The standard InChI is InChI=1S/C13H23Br3O2Si/c1-2-13(17)18-11-9-7-5-3-4-6-8-10-12-19(14,15)16/h2H,1,3-12H2. The molecule has 0 aliphatic rings. The molecule has 19 heavy (non-hydrogen) atoms. The average molecular weight is 479 g/mol. The van der Waals surface area contributed by atoms with Crippen molar-refractivity contribution in [1.29, 1.82) is 0 Å². The van der Waals surface area contributed by atoms with Crippen molar-refractivity contribution in [3.8, 4) is 0 Å². The molecule has 0 radical (unpaired) electrons. The van der Waals surface area contributed by atoms with Gasteiger partial charge in [0.05, 0.1) is 6.61 Å². The second-order valence-corrected chi connectivity index (χ2v) is 28.1. The molecular weight excluding hydrogens is 456 g/mol. The Morgan fingerprint density at radius 1 is 0.947 bits per heavy atom. The van der Waals surface area contributed by atoms with Gasteiger partial charge in [0.2, 0.25) is 0 Å². The Labute approximate surface area is 141 Å². The molecule has 6 heteroatoms. The summed E-state index contributed by atoms with van der Waals surface area (Å²) in [5, 5.41) is 0. The maximum atomic E-state index is 10.8. The van der Waals surface area contributed by atoms with Crippen LogP contribution < -0.4 is 0 Å². The summed E-state index contributed by atoms with van der Waals surface area (Å²) in [6, 6.07) is 1.22. The first-order valence-corrected chi connectivity index (χ1v) is 15.8. The predicted octanol–water partition coefficient (Wildman–Crippen LogP) is 5.96. The second kappa shape index (κ2) is 12.6. The topological polar surface area (TPSA) is 26.3 Å². The smallest absolute Gasteiger partial charge is 0.330 e. The van der Waals surface area contributed by atoms with Crippen molar-refractivity contribution in [2.75, 3.05) is 6.61 Å². The van der Waals surface area contributed by atoms with Gasteiger partial charge in [0.25, 0.3) is 3.93 Å². The Morgan fingerprint density at radius 3 is 1.89 bits per heavy atom. The van der Waals surface area contributed by atoms with Gasteiger partial charge in [-0.1, -0.05) is 97.4 Å². The van der Waals surface area contributed by atoms with Crippen LogP contribution >= 0.6 is 45.9 Å². The molecule has 0 heterocycles. The van der Waals surface area contributed by atoms with E-state index in [0.29, 0.717) is 6.61 Å². The second-order valence-electron chi connectivity index (χ2n) is 4.57. The minimum Gasteiger partial charge on any atom is -0.463 e. The van der Waals surface area contributed by atoms with Gasteiger partial charge in [-0.2, -0.15) is 0 Å². The van der Waals surface area contributed by atoms with Crippen molar-refractivity contribution in [3.05, 3.63) is 12.7 Å². The molecule has 0 aromatic rings. The van der Waals surface area contributed by atoms with Crippen LogP contribution in [-0.2, 0) is 9.53 Å². The fourth-order valence-electron chi connectivity index (χ4n) is 1.72. The van der Waals surface area contributed by atoms with Gasteiger partial charge in [-0.05, 0) is 12.5 Å². The Bertz CT molecular complexity index is 255. The van der Waals surface area contributed by atoms with Crippen molar-refractivity contribution in [3.63, 3.8) is 0 Å². The summed E-state index contributed by atoms with van der Waals surface area (Å²) < 4.78 is 3.55. The molecule has 0 amide bonds. The van der Waals surface area contributed by atoms with Crippen molar-refractivity contribution in [1.82, 2.24) is 0 Å². The molecule has 0 saturated carbocycles. The van der Waals surface area contributed by atoms with Crippen LogP contribution in [0.1, 0.15) is 51.4 Å². The highest BCUT2D eigenvalue weighted by molar-refractivity contribution is 9.72. The minimum absolute atomic E-state index is 0.315. The van der Waals surface area contributed by atoms with Gasteiger partial charge in [-0.3, -0.25) is 0 Å². The number of unbranched alkanes of at least 4 members (excludes halogenated alkanes) is 7. The molecule has 0 bridgehead atoms. The molecule has 2 nitrogen and oxygen atoms in total. The van der Waals surface area contributed by atoms with Gasteiger partial charge >= 0.3 is 5.97 Å². The number of ether oxygens (including phenoxy) is 1. The molecule has 0 aromatic heterocycles. The van der Waals surface area contributed by atoms with Gasteiger partial charge < -0.3 is 4.74 Å². The molecule has 0 saturated heterocycles. The van der Waals surface area contributed by atoms with E-state index >= 15 is 0 Å². The summed E-state index contributed by atoms with van der Waals surface area (Å²) in [6.07, 6.45) is 11.1. The molecule has 0 rings (SSSR count). The molecule has 0 fully saturated rings. The number of rotatable bonds is 12.